The molecule has 2 N–H and O–H groups in total. The zero-order valence-electron chi connectivity index (χ0n) is 18.3. The second-order valence-corrected chi connectivity index (χ2v) is 8.04. The molecule has 0 radical (unpaired) electrons. The standard InChI is InChI=1S/C24H27F3N6/c25-24(26,27)20-11-7-10-19(16-20)17-29-22-30-21(28-13-12-18-8-3-1-4-9-18)31-23(32-22)33-14-5-2-6-15-33/h1,3-4,7-11,16H,2,5-6,12-15,17H2,(H2,28,29,30,31,32). The first-order chi connectivity index (χ1) is 16.0. The van der Waals surface area contributed by atoms with Gasteiger partial charge in [-0.25, -0.2) is 0 Å². The van der Waals surface area contributed by atoms with Crippen LogP contribution in [0.2, 0.25) is 0 Å². The molecule has 6 nitrogen and oxygen atoms in total. The minimum absolute atomic E-state index is 0.177. The molecule has 1 saturated heterocycles. The lowest BCUT2D eigenvalue weighted by Crippen LogP contribution is -2.31. The number of hydrogen-bond acceptors (Lipinski definition) is 6. The van der Waals surface area contributed by atoms with Crippen LogP contribution in [0.3, 0.4) is 0 Å². The largest absolute Gasteiger partial charge is 0.416 e. The molecule has 2 aromatic carbocycles. The predicted octanol–water partition coefficient (Wildman–Crippen LogP) is 5.15. The summed E-state index contributed by atoms with van der Waals surface area (Å²) < 4.78 is 39.1. The first-order valence-electron chi connectivity index (χ1n) is 11.2. The molecule has 0 spiro atoms. The fraction of sp³-hybridized carbons (Fsp3) is 0.375. The lowest BCUT2D eigenvalue weighted by molar-refractivity contribution is -0.137. The highest BCUT2D eigenvalue weighted by atomic mass is 19.4. The van der Waals surface area contributed by atoms with Gasteiger partial charge in [-0.2, -0.15) is 28.1 Å². The van der Waals surface area contributed by atoms with Crippen molar-refractivity contribution in [3.05, 3.63) is 71.3 Å². The molecule has 1 aromatic heterocycles. The molecule has 2 heterocycles. The van der Waals surface area contributed by atoms with Crippen LogP contribution in [0.15, 0.2) is 54.6 Å². The van der Waals surface area contributed by atoms with Gasteiger partial charge >= 0.3 is 6.18 Å². The van der Waals surface area contributed by atoms with E-state index in [9.17, 15) is 13.2 Å². The molecule has 1 aliphatic rings. The van der Waals surface area contributed by atoms with Crippen molar-refractivity contribution in [3.8, 4) is 0 Å². The molecule has 1 aliphatic heterocycles. The van der Waals surface area contributed by atoms with Gasteiger partial charge in [0.05, 0.1) is 5.56 Å². The molecule has 0 aliphatic carbocycles. The average Bonchev–Trinajstić information content (AvgIpc) is 2.84. The van der Waals surface area contributed by atoms with Crippen molar-refractivity contribution < 1.29 is 13.2 Å². The second kappa shape index (κ2) is 10.5. The Morgan fingerprint density at radius 3 is 2.21 bits per heavy atom. The van der Waals surface area contributed by atoms with Crippen LogP contribution in [-0.2, 0) is 19.1 Å². The van der Waals surface area contributed by atoms with Crippen LogP contribution in [0, 0.1) is 0 Å². The van der Waals surface area contributed by atoms with Crippen LogP contribution in [0.5, 0.6) is 0 Å². The lowest BCUT2D eigenvalue weighted by Gasteiger charge is -2.27. The van der Waals surface area contributed by atoms with Gasteiger partial charge in [-0.15, -0.1) is 0 Å². The molecule has 174 valence electrons. The summed E-state index contributed by atoms with van der Waals surface area (Å²) >= 11 is 0. The topological polar surface area (TPSA) is 66.0 Å². The highest BCUT2D eigenvalue weighted by molar-refractivity contribution is 5.44. The summed E-state index contributed by atoms with van der Waals surface area (Å²) in [6.07, 6.45) is -0.214. The van der Waals surface area contributed by atoms with E-state index in [1.807, 2.05) is 18.2 Å². The molecular weight excluding hydrogens is 429 g/mol. The number of hydrogen-bond donors (Lipinski definition) is 2. The highest BCUT2D eigenvalue weighted by Gasteiger charge is 2.30. The first-order valence-corrected chi connectivity index (χ1v) is 11.2. The van der Waals surface area contributed by atoms with Crippen LogP contribution >= 0.6 is 0 Å². The van der Waals surface area contributed by atoms with Gasteiger partial charge < -0.3 is 15.5 Å². The maximum atomic E-state index is 13.0. The Morgan fingerprint density at radius 1 is 0.788 bits per heavy atom. The number of aromatic nitrogens is 3. The van der Waals surface area contributed by atoms with Gasteiger partial charge in [0.2, 0.25) is 17.8 Å². The van der Waals surface area contributed by atoms with Gasteiger partial charge in [-0.3, -0.25) is 0 Å². The molecule has 0 amide bonds. The molecule has 4 rings (SSSR count). The zero-order chi connectivity index (χ0) is 23.1. The van der Waals surface area contributed by atoms with Crippen LogP contribution in [0.4, 0.5) is 31.0 Å². The maximum absolute atomic E-state index is 13.0. The lowest BCUT2D eigenvalue weighted by atomic mass is 10.1. The molecular formula is C24H27F3N6. The molecule has 0 unspecified atom stereocenters. The second-order valence-electron chi connectivity index (χ2n) is 8.04. The summed E-state index contributed by atoms with van der Waals surface area (Å²) in [5.74, 6) is 1.37. The quantitative estimate of drug-likeness (QED) is 0.489. The normalized spacial score (nSPS) is 14.2. The summed E-state index contributed by atoms with van der Waals surface area (Å²) in [6, 6.07) is 15.4. The Bertz CT molecular complexity index is 1040. The Labute approximate surface area is 191 Å². The van der Waals surface area contributed by atoms with Gasteiger partial charge in [0.15, 0.2) is 0 Å². The van der Waals surface area contributed by atoms with Crippen molar-refractivity contribution in [3.63, 3.8) is 0 Å². The van der Waals surface area contributed by atoms with Crippen molar-refractivity contribution in [1.29, 1.82) is 0 Å². The van der Waals surface area contributed by atoms with Gasteiger partial charge in [-0.05, 0) is 48.9 Å². The number of nitrogens with zero attached hydrogens (tertiary/aromatic N) is 4. The molecule has 1 fully saturated rings. The fourth-order valence-corrected chi connectivity index (χ4v) is 3.76. The number of halogens is 3. The minimum Gasteiger partial charge on any atom is -0.354 e. The number of piperidine rings is 1. The van der Waals surface area contributed by atoms with E-state index in [2.05, 4.69) is 42.6 Å². The Hall–Kier alpha value is -3.36. The van der Waals surface area contributed by atoms with Crippen LogP contribution in [0.1, 0.15) is 36.0 Å². The third-order valence-electron chi connectivity index (χ3n) is 5.51. The van der Waals surface area contributed by atoms with Crippen molar-refractivity contribution >= 4 is 17.8 Å². The number of rotatable bonds is 8. The molecule has 9 heteroatoms. The Balaban J connectivity index is 1.47. The maximum Gasteiger partial charge on any atom is 0.416 e. The van der Waals surface area contributed by atoms with E-state index in [-0.39, 0.29) is 6.54 Å². The third-order valence-corrected chi connectivity index (χ3v) is 5.51. The Kier molecular flexibility index (Phi) is 7.26. The van der Waals surface area contributed by atoms with E-state index in [4.69, 9.17) is 0 Å². The van der Waals surface area contributed by atoms with Gasteiger partial charge in [0.25, 0.3) is 0 Å². The molecule has 3 aromatic rings. The van der Waals surface area contributed by atoms with E-state index in [1.54, 1.807) is 6.07 Å². The van der Waals surface area contributed by atoms with Crippen molar-refractivity contribution in [2.45, 2.75) is 38.4 Å². The van der Waals surface area contributed by atoms with Crippen molar-refractivity contribution in [1.82, 2.24) is 15.0 Å². The van der Waals surface area contributed by atoms with Crippen LogP contribution < -0.4 is 15.5 Å². The van der Waals surface area contributed by atoms with Crippen molar-refractivity contribution in [2.75, 3.05) is 35.2 Å². The van der Waals surface area contributed by atoms with Gasteiger partial charge in [0, 0.05) is 26.2 Å². The monoisotopic (exact) mass is 456 g/mol. The molecule has 0 bridgehead atoms. The predicted molar refractivity (Wildman–Crippen MR) is 123 cm³/mol. The van der Waals surface area contributed by atoms with Crippen LogP contribution in [-0.4, -0.2) is 34.6 Å². The van der Waals surface area contributed by atoms with E-state index < -0.39 is 11.7 Å². The highest BCUT2D eigenvalue weighted by Crippen LogP contribution is 2.29. The summed E-state index contributed by atoms with van der Waals surface area (Å²) in [7, 11) is 0. The SMILES string of the molecule is FC(F)(F)c1cccc(CNc2nc(NCCc3ccccc3)nc(N3CCCCC3)n2)c1. The number of anilines is 3. The summed E-state index contributed by atoms with van der Waals surface area (Å²) in [6.45, 7) is 2.58. The summed E-state index contributed by atoms with van der Waals surface area (Å²) in [5, 5.41) is 6.33. The first kappa shape index (κ1) is 22.8. The fourth-order valence-electron chi connectivity index (χ4n) is 3.76. The zero-order valence-corrected chi connectivity index (χ0v) is 18.3. The van der Waals surface area contributed by atoms with Gasteiger partial charge in [0.1, 0.15) is 0 Å². The molecule has 33 heavy (non-hydrogen) atoms. The van der Waals surface area contributed by atoms with Crippen molar-refractivity contribution in [2.24, 2.45) is 0 Å². The molecule has 0 atom stereocenters. The van der Waals surface area contributed by atoms with E-state index >= 15 is 0 Å². The Morgan fingerprint density at radius 2 is 1.48 bits per heavy atom. The smallest absolute Gasteiger partial charge is 0.354 e. The summed E-state index contributed by atoms with van der Waals surface area (Å²) in [5.41, 5.74) is 1.04. The van der Waals surface area contributed by atoms with Gasteiger partial charge in [-0.1, -0.05) is 42.5 Å². The average molecular weight is 457 g/mol. The number of benzene rings is 2. The minimum atomic E-state index is -4.37. The van der Waals surface area contributed by atoms with E-state index in [0.29, 0.717) is 30.0 Å². The third kappa shape index (κ3) is 6.57. The summed E-state index contributed by atoms with van der Waals surface area (Å²) in [4.78, 5) is 15.7. The number of alkyl halides is 3. The number of nitrogens with one attached hydrogen (secondary N) is 2. The molecule has 0 saturated carbocycles. The van der Waals surface area contributed by atoms with E-state index in [0.717, 1.165) is 44.5 Å². The van der Waals surface area contributed by atoms with Crippen LogP contribution in [0.25, 0.3) is 0 Å². The van der Waals surface area contributed by atoms with E-state index in [1.165, 1.54) is 18.1 Å².